The quantitative estimate of drug-likeness (QED) is 0.290. The normalized spacial score (nSPS) is 11.5. The lowest BCUT2D eigenvalue weighted by molar-refractivity contribution is 0.0963. The van der Waals surface area contributed by atoms with Crippen LogP contribution >= 0.6 is 0 Å². The van der Waals surface area contributed by atoms with Gasteiger partial charge in [0.1, 0.15) is 0 Å². The Labute approximate surface area is 177 Å². The van der Waals surface area contributed by atoms with Crippen LogP contribution in [0.2, 0.25) is 0 Å². The third-order valence-corrected chi connectivity index (χ3v) is 4.82. The molecule has 1 aromatic heterocycles. The molecular weight excluding hydrogens is 376 g/mol. The van der Waals surface area contributed by atoms with Gasteiger partial charge in [-0.05, 0) is 49.6 Å². The number of nitrogens with zero attached hydrogens (tertiary/aromatic N) is 3. The van der Waals surface area contributed by atoms with E-state index in [0.29, 0.717) is 5.56 Å². The van der Waals surface area contributed by atoms with Gasteiger partial charge in [0.05, 0.1) is 17.4 Å². The summed E-state index contributed by atoms with van der Waals surface area (Å²) in [7, 11) is 1.64. The molecule has 3 rings (SSSR count). The summed E-state index contributed by atoms with van der Waals surface area (Å²) < 4.78 is 2.17. The van der Waals surface area contributed by atoms with Crippen molar-refractivity contribution in [3.63, 3.8) is 0 Å². The second-order valence-corrected chi connectivity index (χ2v) is 7.00. The average Bonchev–Trinajstić information content (AvgIpc) is 3.19. The average molecular weight is 407 g/mol. The van der Waals surface area contributed by atoms with Crippen LogP contribution in [0.25, 0.3) is 11.0 Å². The summed E-state index contributed by atoms with van der Waals surface area (Å²) in [6.07, 6.45) is 3.64. The van der Waals surface area contributed by atoms with Gasteiger partial charge in [-0.3, -0.25) is 9.79 Å². The van der Waals surface area contributed by atoms with Gasteiger partial charge in [-0.1, -0.05) is 24.3 Å². The molecule has 0 unspecified atom stereocenters. The second kappa shape index (κ2) is 11.0. The maximum Gasteiger partial charge on any atom is 0.251 e. The number of amides is 1. The lowest BCUT2D eigenvalue weighted by Gasteiger charge is -2.12. The highest BCUT2D eigenvalue weighted by Gasteiger charge is 2.04. The van der Waals surface area contributed by atoms with Gasteiger partial charge in [-0.2, -0.15) is 0 Å². The summed E-state index contributed by atoms with van der Waals surface area (Å²) in [5.74, 6) is 0.751. The number of benzene rings is 2. The molecule has 3 N–H and O–H groups in total. The summed E-state index contributed by atoms with van der Waals surface area (Å²) >= 11 is 0. The molecule has 0 aliphatic rings. The van der Waals surface area contributed by atoms with Crippen LogP contribution in [0, 0.1) is 0 Å². The largest absolute Gasteiger partial charge is 0.357 e. The summed E-state index contributed by atoms with van der Waals surface area (Å²) in [5, 5.41) is 9.32. The van der Waals surface area contributed by atoms with Crippen molar-refractivity contribution < 1.29 is 4.79 Å². The summed E-state index contributed by atoms with van der Waals surface area (Å²) in [5.41, 5.74) is 3.98. The highest BCUT2D eigenvalue weighted by atomic mass is 16.1. The molecule has 0 atom stereocenters. The molecular formula is C23H30N6O. The molecule has 0 aliphatic carbocycles. The molecule has 7 nitrogen and oxygen atoms in total. The first kappa shape index (κ1) is 21.4. The predicted octanol–water partition coefficient (Wildman–Crippen LogP) is 2.58. The van der Waals surface area contributed by atoms with Crippen LogP contribution in [-0.4, -0.2) is 48.1 Å². The Kier molecular flexibility index (Phi) is 7.83. The van der Waals surface area contributed by atoms with Crippen LogP contribution < -0.4 is 16.0 Å². The number of carbonyl (C=O) groups is 1. The maximum atomic E-state index is 11.8. The minimum atomic E-state index is -0.0645. The Morgan fingerprint density at radius 2 is 2.00 bits per heavy atom. The molecule has 2 aromatic carbocycles. The first-order valence-corrected chi connectivity index (χ1v) is 10.4. The van der Waals surface area contributed by atoms with E-state index in [9.17, 15) is 4.79 Å². The predicted molar refractivity (Wildman–Crippen MR) is 122 cm³/mol. The van der Waals surface area contributed by atoms with E-state index in [1.165, 1.54) is 0 Å². The molecule has 30 heavy (non-hydrogen) atoms. The van der Waals surface area contributed by atoms with Crippen LogP contribution in [-0.2, 0) is 13.0 Å². The molecule has 0 fully saturated rings. The molecule has 1 heterocycles. The van der Waals surface area contributed by atoms with E-state index >= 15 is 0 Å². The van der Waals surface area contributed by atoms with Crippen molar-refractivity contribution in [3.8, 4) is 0 Å². The molecule has 7 heteroatoms. The molecule has 1 amide bonds. The number of guanidine groups is 1. The zero-order valence-corrected chi connectivity index (χ0v) is 17.7. The number of hydrogen-bond acceptors (Lipinski definition) is 3. The van der Waals surface area contributed by atoms with E-state index in [-0.39, 0.29) is 5.91 Å². The van der Waals surface area contributed by atoms with Crippen LogP contribution in [0.1, 0.15) is 29.3 Å². The van der Waals surface area contributed by atoms with E-state index in [1.807, 2.05) is 48.8 Å². The molecule has 0 saturated carbocycles. The summed E-state index contributed by atoms with van der Waals surface area (Å²) in [6.45, 7) is 5.23. The first-order chi connectivity index (χ1) is 14.7. The first-order valence-electron chi connectivity index (χ1n) is 10.4. The zero-order valence-electron chi connectivity index (χ0n) is 17.7. The number of aryl methyl sites for hydroxylation is 1. The number of hydrogen-bond donors (Lipinski definition) is 3. The van der Waals surface area contributed by atoms with Gasteiger partial charge in [0.2, 0.25) is 0 Å². The monoisotopic (exact) mass is 406 g/mol. The van der Waals surface area contributed by atoms with Crippen LogP contribution in [0.5, 0.6) is 0 Å². The van der Waals surface area contributed by atoms with Gasteiger partial charge < -0.3 is 20.5 Å². The molecule has 158 valence electrons. The number of nitrogens with one attached hydrogen (secondary N) is 3. The summed E-state index contributed by atoms with van der Waals surface area (Å²) in [6, 6.07) is 15.9. The highest BCUT2D eigenvalue weighted by molar-refractivity contribution is 5.94. The van der Waals surface area contributed by atoms with Crippen molar-refractivity contribution in [2.45, 2.75) is 26.3 Å². The van der Waals surface area contributed by atoms with Gasteiger partial charge in [0.25, 0.3) is 5.91 Å². The SMILES string of the molecule is CCNC(=NCCCn1cnc2ccccc21)NCCc1cccc(C(=O)NC)c1. The minimum Gasteiger partial charge on any atom is -0.357 e. The fraction of sp³-hybridized carbons (Fsp3) is 0.348. The topological polar surface area (TPSA) is 83.3 Å². The zero-order chi connectivity index (χ0) is 21.2. The van der Waals surface area contributed by atoms with Crippen LogP contribution in [0.4, 0.5) is 0 Å². The van der Waals surface area contributed by atoms with Crippen molar-refractivity contribution in [2.24, 2.45) is 4.99 Å². The number of rotatable bonds is 9. The van der Waals surface area contributed by atoms with Crippen LogP contribution in [0.3, 0.4) is 0 Å². The van der Waals surface area contributed by atoms with E-state index in [1.54, 1.807) is 7.05 Å². The fourth-order valence-electron chi connectivity index (χ4n) is 3.30. The molecule has 3 aromatic rings. The third-order valence-electron chi connectivity index (χ3n) is 4.82. The van der Waals surface area contributed by atoms with Gasteiger partial charge in [0, 0.05) is 38.8 Å². The van der Waals surface area contributed by atoms with E-state index in [2.05, 4.69) is 43.5 Å². The number of para-hydroxylation sites is 2. The summed E-state index contributed by atoms with van der Waals surface area (Å²) in [4.78, 5) is 20.9. The Hall–Kier alpha value is -3.35. The lowest BCUT2D eigenvalue weighted by Crippen LogP contribution is -2.38. The van der Waals surface area contributed by atoms with E-state index in [4.69, 9.17) is 0 Å². The number of imidazole rings is 1. The van der Waals surface area contributed by atoms with Crippen molar-refractivity contribution in [2.75, 3.05) is 26.7 Å². The van der Waals surface area contributed by atoms with E-state index in [0.717, 1.165) is 61.6 Å². The van der Waals surface area contributed by atoms with Gasteiger partial charge in [-0.25, -0.2) is 4.98 Å². The maximum absolute atomic E-state index is 11.8. The number of aromatic nitrogens is 2. The van der Waals surface area contributed by atoms with Gasteiger partial charge >= 0.3 is 0 Å². The number of aliphatic imine (C=N–C) groups is 1. The third kappa shape index (κ3) is 5.83. The Balaban J connectivity index is 1.48. The lowest BCUT2D eigenvalue weighted by atomic mass is 10.1. The van der Waals surface area contributed by atoms with Gasteiger partial charge in [0.15, 0.2) is 5.96 Å². The Bertz CT molecular complexity index is 994. The second-order valence-electron chi connectivity index (χ2n) is 7.00. The smallest absolute Gasteiger partial charge is 0.251 e. The minimum absolute atomic E-state index is 0.0645. The Morgan fingerprint density at radius 1 is 1.13 bits per heavy atom. The van der Waals surface area contributed by atoms with Crippen LogP contribution in [0.15, 0.2) is 59.9 Å². The Morgan fingerprint density at radius 3 is 2.83 bits per heavy atom. The van der Waals surface area contributed by atoms with Crippen molar-refractivity contribution >= 4 is 22.9 Å². The molecule has 0 bridgehead atoms. The fourth-order valence-corrected chi connectivity index (χ4v) is 3.30. The van der Waals surface area contributed by atoms with E-state index < -0.39 is 0 Å². The molecule has 0 radical (unpaired) electrons. The number of carbonyl (C=O) groups excluding carboxylic acids is 1. The van der Waals surface area contributed by atoms with Crippen molar-refractivity contribution in [3.05, 3.63) is 66.0 Å². The molecule has 0 saturated heterocycles. The molecule has 0 aliphatic heterocycles. The van der Waals surface area contributed by atoms with Gasteiger partial charge in [-0.15, -0.1) is 0 Å². The highest BCUT2D eigenvalue weighted by Crippen LogP contribution is 2.12. The molecule has 0 spiro atoms. The van der Waals surface area contributed by atoms with Crippen molar-refractivity contribution in [1.82, 2.24) is 25.5 Å². The van der Waals surface area contributed by atoms with Crippen molar-refractivity contribution in [1.29, 1.82) is 0 Å². The number of fused-ring (bicyclic) bond motifs is 1. The standard InChI is InChI=1S/C23H30N6O/c1-3-25-23(27-14-12-18-8-6-9-19(16-18)22(30)24-2)26-13-7-15-29-17-28-20-10-4-5-11-21(20)29/h4-6,8-11,16-17H,3,7,12-15H2,1-2H3,(H,24,30)(H2,25,26,27).